The summed E-state index contributed by atoms with van der Waals surface area (Å²) in [6, 6.07) is 0. The summed E-state index contributed by atoms with van der Waals surface area (Å²) in [6.07, 6.45) is 0.703. The van der Waals surface area contributed by atoms with Crippen LogP contribution in [0.1, 0.15) is 40.0 Å². The van der Waals surface area contributed by atoms with Crippen molar-refractivity contribution in [2.24, 2.45) is 0 Å². The summed E-state index contributed by atoms with van der Waals surface area (Å²) in [5.74, 6) is -0.602. The average molecular weight is 346 g/mol. The topological polar surface area (TPSA) is 94.2 Å². The zero-order valence-electron chi connectivity index (χ0n) is 15.3. The smallest absolute Gasteiger partial charge is 0.407 e. The van der Waals surface area contributed by atoms with Crippen LogP contribution in [0, 0.1) is 0 Å². The van der Waals surface area contributed by atoms with Gasteiger partial charge < -0.3 is 24.4 Å². The molecule has 8 heteroatoms. The minimum atomic E-state index is -0.531. The SMILES string of the molecule is COC(=O)CCN(CCCNC(=O)OC(C)(C)C)CCC(=O)OC. The molecule has 0 spiro atoms. The highest BCUT2D eigenvalue weighted by atomic mass is 16.6. The first-order valence-corrected chi connectivity index (χ1v) is 8.00. The molecule has 0 aliphatic rings. The predicted octanol–water partition coefficient (Wildman–Crippen LogP) is 1.33. The van der Waals surface area contributed by atoms with Gasteiger partial charge in [0.1, 0.15) is 5.60 Å². The standard InChI is InChI=1S/C16H30N2O6/c1-16(2,3)24-15(21)17-9-6-10-18(11-7-13(19)22-4)12-8-14(20)23-5/h6-12H2,1-5H3,(H,17,21). The molecule has 0 aliphatic heterocycles. The zero-order chi connectivity index (χ0) is 18.6. The molecular weight excluding hydrogens is 316 g/mol. The Labute approximate surface area is 143 Å². The van der Waals surface area contributed by atoms with Gasteiger partial charge >= 0.3 is 18.0 Å². The van der Waals surface area contributed by atoms with E-state index in [4.69, 9.17) is 4.74 Å². The van der Waals surface area contributed by atoms with Crippen molar-refractivity contribution in [3.63, 3.8) is 0 Å². The molecule has 0 atom stereocenters. The lowest BCUT2D eigenvalue weighted by Crippen LogP contribution is -2.35. The molecule has 8 nitrogen and oxygen atoms in total. The van der Waals surface area contributed by atoms with E-state index in [0.717, 1.165) is 0 Å². The number of amides is 1. The summed E-state index contributed by atoms with van der Waals surface area (Å²) in [4.78, 5) is 36.0. The highest BCUT2D eigenvalue weighted by molar-refractivity contribution is 5.70. The lowest BCUT2D eigenvalue weighted by Gasteiger charge is -2.22. The van der Waals surface area contributed by atoms with Gasteiger partial charge in [-0.25, -0.2) is 4.79 Å². The molecule has 0 fully saturated rings. The monoisotopic (exact) mass is 346 g/mol. The lowest BCUT2D eigenvalue weighted by atomic mass is 10.2. The van der Waals surface area contributed by atoms with Crippen LogP contribution in [-0.2, 0) is 23.8 Å². The molecule has 1 N–H and O–H groups in total. The molecule has 140 valence electrons. The molecule has 0 aliphatic carbocycles. The third-order valence-electron chi connectivity index (χ3n) is 3.04. The second-order valence-corrected chi connectivity index (χ2v) is 6.28. The van der Waals surface area contributed by atoms with Gasteiger partial charge in [-0.15, -0.1) is 0 Å². The first-order valence-electron chi connectivity index (χ1n) is 8.00. The highest BCUT2D eigenvalue weighted by Crippen LogP contribution is 2.06. The maximum absolute atomic E-state index is 11.5. The number of hydrogen-bond acceptors (Lipinski definition) is 7. The highest BCUT2D eigenvalue weighted by Gasteiger charge is 2.16. The molecule has 0 bridgehead atoms. The van der Waals surface area contributed by atoms with Gasteiger partial charge in [0.25, 0.3) is 0 Å². The second-order valence-electron chi connectivity index (χ2n) is 6.28. The van der Waals surface area contributed by atoms with Crippen molar-refractivity contribution in [1.82, 2.24) is 10.2 Å². The van der Waals surface area contributed by atoms with Crippen molar-refractivity contribution < 1.29 is 28.6 Å². The maximum atomic E-state index is 11.5. The summed E-state index contributed by atoms with van der Waals surface area (Å²) < 4.78 is 14.4. The number of carbonyl (C=O) groups is 3. The number of nitrogens with one attached hydrogen (secondary N) is 1. The van der Waals surface area contributed by atoms with E-state index in [-0.39, 0.29) is 24.8 Å². The van der Waals surface area contributed by atoms with Gasteiger partial charge in [-0.05, 0) is 33.7 Å². The van der Waals surface area contributed by atoms with Crippen molar-refractivity contribution in [2.75, 3.05) is 40.4 Å². The van der Waals surface area contributed by atoms with Crippen LogP contribution < -0.4 is 5.32 Å². The number of ether oxygens (including phenoxy) is 3. The van der Waals surface area contributed by atoms with Gasteiger partial charge in [-0.2, -0.15) is 0 Å². The van der Waals surface area contributed by atoms with Crippen LogP contribution in [0.15, 0.2) is 0 Å². The second kappa shape index (κ2) is 11.7. The number of carbonyl (C=O) groups excluding carboxylic acids is 3. The van der Waals surface area contributed by atoms with E-state index >= 15 is 0 Å². The Morgan fingerprint density at radius 1 is 0.917 bits per heavy atom. The van der Waals surface area contributed by atoms with Crippen LogP contribution in [0.5, 0.6) is 0 Å². The fourth-order valence-corrected chi connectivity index (χ4v) is 1.85. The molecule has 0 aromatic rings. The molecule has 0 unspecified atom stereocenters. The number of esters is 2. The van der Waals surface area contributed by atoms with Crippen LogP contribution in [0.3, 0.4) is 0 Å². The van der Waals surface area contributed by atoms with Crippen molar-refractivity contribution in [3.8, 4) is 0 Å². The third-order valence-corrected chi connectivity index (χ3v) is 3.04. The maximum Gasteiger partial charge on any atom is 0.407 e. The van der Waals surface area contributed by atoms with Crippen molar-refractivity contribution in [2.45, 2.75) is 45.6 Å². The Balaban J connectivity index is 4.16. The van der Waals surface area contributed by atoms with Crippen LogP contribution in [-0.4, -0.2) is 68.9 Å². The van der Waals surface area contributed by atoms with Gasteiger partial charge in [-0.1, -0.05) is 0 Å². The van der Waals surface area contributed by atoms with Crippen LogP contribution in [0.4, 0.5) is 4.79 Å². The molecule has 0 aromatic carbocycles. The summed E-state index contributed by atoms with van der Waals surface area (Å²) >= 11 is 0. The molecular formula is C16H30N2O6. The summed E-state index contributed by atoms with van der Waals surface area (Å²) in [7, 11) is 2.68. The Morgan fingerprint density at radius 2 is 1.42 bits per heavy atom. The molecule has 0 aromatic heterocycles. The van der Waals surface area contributed by atoms with E-state index in [1.54, 1.807) is 20.8 Å². The third kappa shape index (κ3) is 12.7. The number of nitrogens with zero attached hydrogens (tertiary/aromatic N) is 1. The van der Waals surface area contributed by atoms with E-state index in [9.17, 15) is 14.4 Å². The quantitative estimate of drug-likeness (QED) is 0.362. The number of methoxy groups -OCH3 is 2. The van der Waals surface area contributed by atoms with Gasteiger partial charge in [0.15, 0.2) is 0 Å². The lowest BCUT2D eigenvalue weighted by molar-refractivity contribution is -0.141. The molecule has 0 saturated carbocycles. The van der Waals surface area contributed by atoms with Crippen molar-refractivity contribution >= 4 is 18.0 Å². The fourth-order valence-electron chi connectivity index (χ4n) is 1.85. The number of alkyl carbamates (subject to hydrolysis) is 1. The van der Waals surface area contributed by atoms with E-state index in [1.807, 2.05) is 4.90 Å². The van der Waals surface area contributed by atoms with Crippen LogP contribution in [0.25, 0.3) is 0 Å². The van der Waals surface area contributed by atoms with E-state index in [2.05, 4.69) is 14.8 Å². The van der Waals surface area contributed by atoms with Crippen LogP contribution in [0.2, 0.25) is 0 Å². The first-order chi connectivity index (χ1) is 11.2. The van der Waals surface area contributed by atoms with Crippen molar-refractivity contribution in [1.29, 1.82) is 0 Å². The molecule has 0 saturated heterocycles. The Bertz CT molecular complexity index is 386. The van der Waals surface area contributed by atoms with Gasteiger partial charge in [0, 0.05) is 19.6 Å². The molecule has 24 heavy (non-hydrogen) atoms. The number of rotatable bonds is 10. The van der Waals surface area contributed by atoms with Gasteiger partial charge in [-0.3, -0.25) is 9.59 Å². The van der Waals surface area contributed by atoms with Crippen LogP contribution >= 0.6 is 0 Å². The first kappa shape index (κ1) is 22.2. The predicted molar refractivity (Wildman–Crippen MR) is 88.6 cm³/mol. The van der Waals surface area contributed by atoms with Crippen molar-refractivity contribution in [3.05, 3.63) is 0 Å². The Kier molecular flexibility index (Phi) is 10.8. The van der Waals surface area contributed by atoms with E-state index in [0.29, 0.717) is 32.6 Å². The minimum absolute atomic E-state index is 0.247. The summed E-state index contributed by atoms with van der Waals surface area (Å²) in [5.41, 5.74) is -0.531. The Hall–Kier alpha value is -1.83. The largest absolute Gasteiger partial charge is 0.469 e. The average Bonchev–Trinajstić information content (AvgIpc) is 2.50. The Morgan fingerprint density at radius 3 is 1.83 bits per heavy atom. The minimum Gasteiger partial charge on any atom is -0.469 e. The zero-order valence-corrected chi connectivity index (χ0v) is 15.3. The summed E-state index contributed by atoms with van der Waals surface area (Å²) in [5, 5.41) is 2.68. The molecule has 0 radical (unpaired) electrons. The number of hydrogen-bond donors (Lipinski definition) is 1. The van der Waals surface area contributed by atoms with E-state index < -0.39 is 11.7 Å². The fraction of sp³-hybridized carbons (Fsp3) is 0.812. The summed E-state index contributed by atoms with van der Waals surface area (Å²) in [6.45, 7) is 7.44. The molecule has 0 heterocycles. The normalized spacial score (nSPS) is 11.1. The van der Waals surface area contributed by atoms with Gasteiger partial charge in [0.2, 0.25) is 0 Å². The van der Waals surface area contributed by atoms with Gasteiger partial charge in [0.05, 0.1) is 27.1 Å². The molecule has 0 rings (SSSR count). The molecule has 1 amide bonds. The van der Waals surface area contributed by atoms with E-state index in [1.165, 1.54) is 14.2 Å².